The quantitative estimate of drug-likeness (QED) is 0.868. The molecule has 2 N–H and O–H groups in total. The second-order valence-electron chi connectivity index (χ2n) is 4.48. The highest BCUT2D eigenvalue weighted by atomic mass is 19.4. The third kappa shape index (κ3) is 4.80. The van der Waals surface area contributed by atoms with E-state index in [0.29, 0.717) is 13.0 Å². The lowest BCUT2D eigenvalue weighted by Crippen LogP contribution is -2.44. The molecule has 2 atom stereocenters. The number of halogens is 3. The molecular formula is C13H20F3N3. The Hall–Kier alpha value is -1.14. The van der Waals surface area contributed by atoms with E-state index in [2.05, 4.69) is 4.98 Å². The van der Waals surface area contributed by atoms with E-state index in [1.54, 1.807) is 31.5 Å². The lowest BCUT2D eigenvalue weighted by molar-refractivity contribution is -0.151. The minimum Gasteiger partial charge on any atom is -0.326 e. The molecule has 0 aliphatic rings. The van der Waals surface area contributed by atoms with Crippen LogP contribution in [0.3, 0.4) is 0 Å². The van der Waals surface area contributed by atoms with Crippen LogP contribution in [0.5, 0.6) is 0 Å². The molecule has 0 saturated carbocycles. The van der Waals surface area contributed by atoms with E-state index < -0.39 is 18.8 Å². The molecule has 6 heteroatoms. The summed E-state index contributed by atoms with van der Waals surface area (Å²) in [4.78, 5) is 5.26. The van der Waals surface area contributed by atoms with Gasteiger partial charge in [-0.2, -0.15) is 13.2 Å². The molecule has 0 aliphatic carbocycles. The first-order valence-electron chi connectivity index (χ1n) is 6.35. The van der Waals surface area contributed by atoms with E-state index in [4.69, 9.17) is 5.73 Å². The number of nitrogens with two attached hydrogens (primary N) is 1. The first-order chi connectivity index (χ1) is 8.89. The molecule has 0 radical (unpaired) electrons. The van der Waals surface area contributed by atoms with Crippen LogP contribution >= 0.6 is 0 Å². The van der Waals surface area contributed by atoms with Crippen molar-refractivity contribution in [2.45, 2.75) is 38.5 Å². The van der Waals surface area contributed by atoms with E-state index in [1.165, 1.54) is 4.90 Å². The van der Waals surface area contributed by atoms with Gasteiger partial charge in [0.1, 0.15) is 0 Å². The fourth-order valence-electron chi connectivity index (χ4n) is 2.15. The van der Waals surface area contributed by atoms with Gasteiger partial charge in [0, 0.05) is 18.4 Å². The fourth-order valence-corrected chi connectivity index (χ4v) is 2.15. The Kier molecular flexibility index (Phi) is 5.75. The lowest BCUT2D eigenvalue weighted by atomic mass is 9.97. The summed E-state index contributed by atoms with van der Waals surface area (Å²) in [5.74, 6) is 0. The Morgan fingerprint density at radius 1 is 1.26 bits per heavy atom. The molecule has 19 heavy (non-hydrogen) atoms. The SMILES string of the molecule is CCC(N)C(c1ccncc1)N(CC)CC(F)(F)F. The summed E-state index contributed by atoms with van der Waals surface area (Å²) in [5.41, 5.74) is 6.79. The highest BCUT2D eigenvalue weighted by molar-refractivity contribution is 5.17. The van der Waals surface area contributed by atoms with Crippen molar-refractivity contribution in [2.24, 2.45) is 5.73 Å². The van der Waals surface area contributed by atoms with Crippen LogP contribution in [0.1, 0.15) is 31.9 Å². The van der Waals surface area contributed by atoms with Crippen molar-refractivity contribution in [1.82, 2.24) is 9.88 Å². The maximum Gasteiger partial charge on any atom is 0.401 e. The van der Waals surface area contributed by atoms with Gasteiger partial charge >= 0.3 is 6.18 Å². The Balaban J connectivity index is 3.02. The van der Waals surface area contributed by atoms with Gasteiger partial charge in [-0.05, 0) is 30.7 Å². The number of hydrogen-bond acceptors (Lipinski definition) is 3. The number of pyridine rings is 1. The predicted octanol–water partition coefficient (Wildman–Crippen LogP) is 2.74. The number of nitrogens with zero attached hydrogens (tertiary/aromatic N) is 2. The summed E-state index contributed by atoms with van der Waals surface area (Å²) in [7, 11) is 0. The van der Waals surface area contributed by atoms with Crippen molar-refractivity contribution in [1.29, 1.82) is 0 Å². The van der Waals surface area contributed by atoms with Crippen molar-refractivity contribution in [3.8, 4) is 0 Å². The van der Waals surface area contributed by atoms with Gasteiger partial charge in [-0.1, -0.05) is 13.8 Å². The van der Waals surface area contributed by atoms with Gasteiger partial charge in [0.2, 0.25) is 0 Å². The van der Waals surface area contributed by atoms with Crippen LogP contribution < -0.4 is 5.73 Å². The molecule has 0 amide bonds. The van der Waals surface area contributed by atoms with E-state index >= 15 is 0 Å². The monoisotopic (exact) mass is 275 g/mol. The molecule has 1 aromatic heterocycles. The van der Waals surface area contributed by atoms with Gasteiger partial charge < -0.3 is 5.73 Å². The van der Waals surface area contributed by atoms with Gasteiger partial charge in [0.05, 0.1) is 12.6 Å². The Bertz CT molecular complexity index is 367. The second kappa shape index (κ2) is 6.86. The van der Waals surface area contributed by atoms with Gasteiger partial charge in [-0.3, -0.25) is 9.88 Å². The van der Waals surface area contributed by atoms with Crippen LogP contribution in [-0.2, 0) is 0 Å². The molecular weight excluding hydrogens is 255 g/mol. The number of alkyl halides is 3. The summed E-state index contributed by atoms with van der Waals surface area (Å²) in [5, 5.41) is 0. The van der Waals surface area contributed by atoms with E-state index in [0.717, 1.165) is 5.56 Å². The Labute approximate surface area is 111 Å². The van der Waals surface area contributed by atoms with Crippen molar-refractivity contribution in [3.05, 3.63) is 30.1 Å². The third-order valence-corrected chi connectivity index (χ3v) is 3.11. The summed E-state index contributed by atoms with van der Waals surface area (Å²) in [6.07, 6.45) is -0.464. The molecule has 0 aromatic carbocycles. The molecule has 2 unspecified atom stereocenters. The molecule has 0 bridgehead atoms. The van der Waals surface area contributed by atoms with Crippen LogP contribution in [0.4, 0.5) is 13.2 Å². The smallest absolute Gasteiger partial charge is 0.326 e. The topological polar surface area (TPSA) is 42.1 Å². The summed E-state index contributed by atoms with van der Waals surface area (Å²) >= 11 is 0. The molecule has 3 nitrogen and oxygen atoms in total. The number of rotatable bonds is 6. The largest absolute Gasteiger partial charge is 0.401 e. The van der Waals surface area contributed by atoms with E-state index in [-0.39, 0.29) is 6.04 Å². The van der Waals surface area contributed by atoms with Gasteiger partial charge in [0.25, 0.3) is 0 Å². The number of likely N-dealkylation sites (N-methyl/N-ethyl adjacent to an activating group) is 1. The summed E-state index contributed by atoms with van der Waals surface area (Å²) in [6.45, 7) is 2.92. The van der Waals surface area contributed by atoms with Crippen LogP contribution in [0, 0.1) is 0 Å². The normalized spacial score (nSPS) is 15.5. The first kappa shape index (κ1) is 15.9. The standard InChI is InChI=1S/C13H20F3N3/c1-3-11(17)12(10-5-7-18-8-6-10)19(4-2)9-13(14,15)16/h5-8,11-12H,3-4,9,17H2,1-2H3. The van der Waals surface area contributed by atoms with Gasteiger partial charge in [-0.15, -0.1) is 0 Å². The predicted molar refractivity (Wildman–Crippen MR) is 68.5 cm³/mol. The molecule has 0 aliphatic heterocycles. The van der Waals surface area contributed by atoms with Crippen molar-refractivity contribution in [2.75, 3.05) is 13.1 Å². The molecule has 0 fully saturated rings. The van der Waals surface area contributed by atoms with Crippen molar-refractivity contribution >= 4 is 0 Å². The fraction of sp³-hybridized carbons (Fsp3) is 0.615. The Morgan fingerprint density at radius 2 is 1.84 bits per heavy atom. The van der Waals surface area contributed by atoms with Crippen LogP contribution in [-0.4, -0.2) is 35.2 Å². The van der Waals surface area contributed by atoms with Crippen molar-refractivity contribution < 1.29 is 13.2 Å². The summed E-state index contributed by atoms with van der Waals surface area (Å²) in [6, 6.07) is 2.66. The molecule has 108 valence electrons. The zero-order valence-electron chi connectivity index (χ0n) is 11.2. The molecule has 0 saturated heterocycles. The minimum absolute atomic E-state index is 0.292. The highest BCUT2D eigenvalue weighted by Crippen LogP contribution is 2.28. The van der Waals surface area contributed by atoms with Gasteiger partial charge in [-0.25, -0.2) is 0 Å². The minimum atomic E-state index is -4.23. The zero-order valence-corrected chi connectivity index (χ0v) is 11.2. The molecule has 1 aromatic rings. The molecule has 1 heterocycles. The number of aromatic nitrogens is 1. The first-order valence-corrected chi connectivity index (χ1v) is 6.35. The lowest BCUT2D eigenvalue weighted by Gasteiger charge is -2.35. The van der Waals surface area contributed by atoms with Crippen molar-refractivity contribution in [3.63, 3.8) is 0 Å². The zero-order chi connectivity index (χ0) is 14.5. The molecule has 1 rings (SSSR count). The van der Waals surface area contributed by atoms with E-state index in [9.17, 15) is 13.2 Å². The van der Waals surface area contributed by atoms with Crippen LogP contribution in [0.2, 0.25) is 0 Å². The average Bonchev–Trinajstić information content (AvgIpc) is 2.37. The second-order valence-corrected chi connectivity index (χ2v) is 4.48. The molecule has 0 spiro atoms. The average molecular weight is 275 g/mol. The summed E-state index contributed by atoms with van der Waals surface area (Å²) < 4.78 is 37.9. The van der Waals surface area contributed by atoms with E-state index in [1.807, 2.05) is 6.92 Å². The Morgan fingerprint density at radius 3 is 2.26 bits per heavy atom. The maximum atomic E-state index is 12.6. The maximum absolute atomic E-state index is 12.6. The van der Waals surface area contributed by atoms with Crippen LogP contribution in [0.15, 0.2) is 24.5 Å². The number of hydrogen-bond donors (Lipinski definition) is 1. The van der Waals surface area contributed by atoms with Gasteiger partial charge in [0.15, 0.2) is 0 Å². The van der Waals surface area contributed by atoms with Crippen LogP contribution in [0.25, 0.3) is 0 Å². The third-order valence-electron chi connectivity index (χ3n) is 3.11. The highest BCUT2D eigenvalue weighted by Gasteiger charge is 2.35.